The molecule has 5 heteroatoms. The van der Waals surface area contributed by atoms with Gasteiger partial charge in [0.1, 0.15) is 6.07 Å². The Balaban J connectivity index is 2.68. The molecular weight excluding hydrogens is 130 g/mol. The first kappa shape index (κ1) is 6.12. The molecule has 0 spiro atoms. The van der Waals surface area contributed by atoms with Crippen LogP contribution in [0.15, 0.2) is 16.9 Å². The minimum atomic E-state index is 0.395. The fraction of sp³-hybridized carbons (Fsp3) is 0. The molecule has 48 valence electrons. The third-order valence-corrected chi connectivity index (χ3v) is 0.878. The van der Waals surface area contributed by atoms with Crippen molar-refractivity contribution in [1.82, 2.24) is 10.5 Å². The van der Waals surface area contributed by atoms with Crippen LogP contribution in [0.4, 0.5) is 0 Å². The second-order valence-corrected chi connectivity index (χ2v) is 1.50. The van der Waals surface area contributed by atoms with Crippen molar-refractivity contribution in [2.75, 3.05) is 0 Å². The Labute approximate surface area is 57.4 Å². The topological polar surface area (TPSA) is 75.2 Å². The maximum Gasteiger partial charge on any atom is 0.223 e. The van der Waals surface area contributed by atoms with Crippen molar-refractivity contribution in [3.63, 3.8) is 0 Å². The van der Waals surface area contributed by atoms with Gasteiger partial charge >= 0.3 is 0 Å². The van der Waals surface area contributed by atoms with E-state index in [1.54, 1.807) is 6.19 Å². The highest BCUT2D eigenvalue weighted by atomic mass is 15.7. The highest BCUT2D eigenvalue weighted by molar-refractivity contribution is 5.83. The Kier molecular flexibility index (Phi) is 1.54. The molecule has 0 radical (unpaired) electrons. The molecule has 1 rings (SSSR count). The molecule has 0 bridgehead atoms. The zero-order chi connectivity index (χ0) is 7.40. The van der Waals surface area contributed by atoms with Crippen LogP contribution >= 0.6 is 0 Å². The monoisotopic (exact) mass is 133 g/mol. The van der Waals surface area contributed by atoms with E-state index in [0.29, 0.717) is 5.57 Å². The van der Waals surface area contributed by atoms with Crippen LogP contribution in [0.2, 0.25) is 0 Å². The minimum absolute atomic E-state index is 0.395. The number of nitrogens with zero attached hydrogens (tertiary/aromatic N) is 4. The lowest BCUT2D eigenvalue weighted by atomic mass is 10.3. The Hall–Kier alpha value is -2.01. The molecule has 5 nitrogen and oxygen atoms in total. The summed E-state index contributed by atoms with van der Waals surface area (Å²) in [5.41, 5.74) is 2.85. The van der Waals surface area contributed by atoms with Crippen LogP contribution in [0.25, 0.3) is 0 Å². The maximum absolute atomic E-state index is 8.30. The summed E-state index contributed by atoms with van der Waals surface area (Å²) in [7, 11) is 0. The lowest BCUT2D eigenvalue weighted by molar-refractivity contribution is 0.348. The third-order valence-electron chi connectivity index (χ3n) is 0.878. The van der Waals surface area contributed by atoms with Gasteiger partial charge in [-0.3, -0.25) is 5.43 Å². The summed E-state index contributed by atoms with van der Waals surface area (Å²) >= 11 is 0. The Morgan fingerprint density at radius 2 is 2.40 bits per heavy atom. The van der Waals surface area contributed by atoms with Gasteiger partial charge in [-0.05, 0) is 0 Å². The van der Waals surface area contributed by atoms with E-state index in [0.717, 1.165) is 5.12 Å². The van der Waals surface area contributed by atoms with Crippen molar-refractivity contribution in [3.05, 3.63) is 11.8 Å². The van der Waals surface area contributed by atoms with Gasteiger partial charge in [0.05, 0.1) is 11.8 Å². The predicted octanol–water partition coefficient (Wildman–Crippen LogP) is -0.319. The van der Waals surface area contributed by atoms with Gasteiger partial charge in [-0.2, -0.15) is 10.5 Å². The number of rotatable bonds is 0. The Bertz CT molecular complexity index is 263. The van der Waals surface area contributed by atoms with Crippen LogP contribution in [0.3, 0.4) is 0 Å². The molecule has 10 heavy (non-hydrogen) atoms. The largest absolute Gasteiger partial charge is 0.274 e. The van der Waals surface area contributed by atoms with Gasteiger partial charge in [-0.1, -0.05) is 0 Å². The maximum atomic E-state index is 8.30. The smallest absolute Gasteiger partial charge is 0.223 e. The van der Waals surface area contributed by atoms with E-state index in [4.69, 9.17) is 10.5 Å². The Morgan fingerprint density at radius 3 is 2.80 bits per heavy atom. The van der Waals surface area contributed by atoms with Crippen LogP contribution in [-0.2, 0) is 0 Å². The SMILES string of the molecule is N#CC1=CNN(C#N)N=C1. The minimum Gasteiger partial charge on any atom is -0.274 e. The lowest BCUT2D eigenvalue weighted by Gasteiger charge is -2.10. The van der Waals surface area contributed by atoms with Gasteiger partial charge in [0.25, 0.3) is 0 Å². The van der Waals surface area contributed by atoms with Gasteiger partial charge in [-0.15, -0.1) is 10.2 Å². The number of hydrazone groups is 1. The second-order valence-electron chi connectivity index (χ2n) is 1.50. The van der Waals surface area contributed by atoms with E-state index in [1.807, 2.05) is 6.07 Å². The van der Waals surface area contributed by atoms with Crippen LogP contribution in [0.1, 0.15) is 0 Å². The molecule has 0 aliphatic carbocycles. The fourth-order valence-electron chi connectivity index (χ4n) is 0.437. The predicted molar refractivity (Wildman–Crippen MR) is 32.8 cm³/mol. The van der Waals surface area contributed by atoms with Crippen LogP contribution in [-0.4, -0.2) is 11.3 Å². The normalized spacial score (nSPS) is 14.6. The summed E-state index contributed by atoms with van der Waals surface area (Å²) in [6, 6.07) is 1.86. The Morgan fingerprint density at radius 1 is 1.60 bits per heavy atom. The number of nitriles is 2. The molecule has 0 aromatic carbocycles. The van der Waals surface area contributed by atoms with Crippen molar-refractivity contribution in [1.29, 1.82) is 10.5 Å². The van der Waals surface area contributed by atoms with Gasteiger partial charge in [-0.25, -0.2) is 0 Å². The number of nitrogens with one attached hydrogen (secondary N) is 1. The zero-order valence-corrected chi connectivity index (χ0v) is 4.94. The van der Waals surface area contributed by atoms with Crippen molar-refractivity contribution < 1.29 is 0 Å². The number of hydrogen-bond acceptors (Lipinski definition) is 5. The molecule has 1 aliphatic heterocycles. The average molecular weight is 133 g/mol. The van der Waals surface area contributed by atoms with E-state index in [-0.39, 0.29) is 0 Å². The van der Waals surface area contributed by atoms with Crippen LogP contribution < -0.4 is 5.43 Å². The highest BCUT2D eigenvalue weighted by Gasteiger charge is 2.00. The van der Waals surface area contributed by atoms with Gasteiger partial charge in [0.2, 0.25) is 6.19 Å². The summed E-state index contributed by atoms with van der Waals surface area (Å²) in [5, 5.41) is 21.0. The highest BCUT2D eigenvalue weighted by Crippen LogP contribution is 1.93. The molecule has 0 aromatic rings. The van der Waals surface area contributed by atoms with Crippen molar-refractivity contribution in [2.24, 2.45) is 5.10 Å². The first-order valence-electron chi connectivity index (χ1n) is 2.47. The van der Waals surface area contributed by atoms with Crippen molar-refractivity contribution in [3.8, 4) is 12.3 Å². The average Bonchev–Trinajstić information content (AvgIpc) is 2.05. The summed E-state index contributed by atoms with van der Waals surface area (Å²) in [6.07, 6.45) is 4.42. The van der Waals surface area contributed by atoms with E-state index < -0.39 is 0 Å². The fourth-order valence-corrected chi connectivity index (χ4v) is 0.437. The van der Waals surface area contributed by atoms with E-state index in [9.17, 15) is 0 Å². The molecule has 0 amide bonds. The molecule has 0 atom stereocenters. The summed E-state index contributed by atoms with van der Waals surface area (Å²) < 4.78 is 0. The van der Waals surface area contributed by atoms with Gasteiger partial charge in [0.15, 0.2) is 0 Å². The molecule has 1 heterocycles. The number of allylic oxidation sites excluding steroid dienone is 1. The lowest BCUT2D eigenvalue weighted by Crippen LogP contribution is -2.27. The zero-order valence-electron chi connectivity index (χ0n) is 4.94. The second kappa shape index (κ2) is 2.51. The molecule has 0 saturated heterocycles. The van der Waals surface area contributed by atoms with Crippen LogP contribution in [0.5, 0.6) is 0 Å². The molecular formula is C5H3N5. The van der Waals surface area contributed by atoms with Crippen LogP contribution in [0, 0.1) is 22.8 Å². The third kappa shape index (κ3) is 1.04. The molecule has 0 unspecified atom stereocenters. The van der Waals surface area contributed by atoms with E-state index in [1.165, 1.54) is 12.4 Å². The molecule has 0 fully saturated rings. The van der Waals surface area contributed by atoms with E-state index >= 15 is 0 Å². The van der Waals surface area contributed by atoms with E-state index in [2.05, 4.69) is 10.5 Å². The standard InChI is InChI=1S/C5H3N5/c6-1-5-2-8-10(4-7)9-3-5/h2-3,8H. The summed E-state index contributed by atoms with van der Waals surface area (Å²) in [5.74, 6) is 0. The number of hydrogen-bond donors (Lipinski definition) is 1. The quantitative estimate of drug-likeness (QED) is 0.459. The van der Waals surface area contributed by atoms with Crippen molar-refractivity contribution >= 4 is 6.21 Å². The number of hydrazine groups is 1. The first-order valence-corrected chi connectivity index (χ1v) is 2.47. The summed E-state index contributed by atoms with van der Waals surface area (Å²) in [6.45, 7) is 0. The van der Waals surface area contributed by atoms with Gasteiger partial charge < -0.3 is 0 Å². The van der Waals surface area contributed by atoms with Gasteiger partial charge in [0, 0.05) is 6.20 Å². The molecule has 1 aliphatic rings. The summed E-state index contributed by atoms with van der Waals surface area (Å²) in [4.78, 5) is 0. The first-order chi connectivity index (χ1) is 4.86. The van der Waals surface area contributed by atoms with Crippen molar-refractivity contribution in [2.45, 2.75) is 0 Å². The molecule has 1 N–H and O–H groups in total. The molecule has 0 aromatic heterocycles. The molecule has 0 saturated carbocycles.